The first-order valence-electron chi connectivity index (χ1n) is 7.71. The average molecular weight is 253 g/mol. The van der Waals surface area contributed by atoms with Crippen molar-refractivity contribution in [1.82, 2.24) is 4.90 Å². The first-order chi connectivity index (χ1) is 8.70. The molecule has 0 aromatic heterocycles. The zero-order valence-corrected chi connectivity index (χ0v) is 11.7. The van der Waals surface area contributed by atoms with E-state index in [0.717, 1.165) is 25.8 Å². The third-order valence-electron chi connectivity index (χ3n) is 5.04. The number of carbonyl (C=O) groups is 1. The van der Waals surface area contributed by atoms with Crippen LogP contribution in [-0.4, -0.2) is 34.1 Å². The maximum absolute atomic E-state index is 11.7. The smallest absolute Gasteiger partial charge is 0.324 e. The largest absolute Gasteiger partial charge is 0.480 e. The van der Waals surface area contributed by atoms with E-state index in [-0.39, 0.29) is 0 Å². The minimum absolute atomic E-state index is 0.517. The standard InChI is InChI=1S/C15H27NO2/c1-2-15(14(17)18)11-8-12-16(15)13-9-6-4-3-5-7-10-13/h13H,2-12H2,1H3,(H,17,18). The molecule has 3 heteroatoms. The lowest BCUT2D eigenvalue weighted by Gasteiger charge is -2.40. The summed E-state index contributed by atoms with van der Waals surface area (Å²) < 4.78 is 0. The summed E-state index contributed by atoms with van der Waals surface area (Å²) in [6.45, 7) is 3.03. The molecule has 0 aromatic rings. The molecular weight excluding hydrogens is 226 g/mol. The van der Waals surface area contributed by atoms with E-state index in [1.165, 1.54) is 44.9 Å². The van der Waals surface area contributed by atoms with Gasteiger partial charge in [-0.05, 0) is 38.6 Å². The summed E-state index contributed by atoms with van der Waals surface area (Å²) >= 11 is 0. The van der Waals surface area contributed by atoms with Gasteiger partial charge >= 0.3 is 5.97 Å². The van der Waals surface area contributed by atoms with Gasteiger partial charge in [0.2, 0.25) is 0 Å². The van der Waals surface area contributed by atoms with Gasteiger partial charge < -0.3 is 5.11 Å². The Morgan fingerprint density at radius 1 is 1.17 bits per heavy atom. The second-order valence-electron chi connectivity index (χ2n) is 5.99. The van der Waals surface area contributed by atoms with Gasteiger partial charge in [0.05, 0.1) is 0 Å². The fourth-order valence-electron chi connectivity index (χ4n) is 3.94. The molecule has 0 aromatic carbocycles. The van der Waals surface area contributed by atoms with Crippen molar-refractivity contribution in [2.75, 3.05) is 6.54 Å². The molecular formula is C15H27NO2. The van der Waals surface area contributed by atoms with E-state index in [2.05, 4.69) is 4.90 Å². The lowest BCUT2D eigenvalue weighted by atomic mass is 9.88. The molecule has 1 N–H and O–H groups in total. The Morgan fingerprint density at radius 3 is 2.33 bits per heavy atom. The van der Waals surface area contributed by atoms with Crippen LogP contribution in [0.1, 0.15) is 71.1 Å². The molecule has 1 heterocycles. The molecule has 0 bridgehead atoms. The summed E-state index contributed by atoms with van der Waals surface area (Å²) in [4.78, 5) is 14.1. The third kappa shape index (κ3) is 2.56. The van der Waals surface area contributed by atoms with Gasteiger partial charge in [-0.1, -0.05) is 39.0 Å². The van der Waals surface area contributed by atoms with Crippen LogP contribution in [0.2, 0.25) is 0 Å². The minimum atomic E-state index is -0.593. The second kappa shape index (κ2) is 6.05. The Morgan fingerprint density at radius 2 is 1.78 bits per heavy atom. The molecule has 2 fully saturated rings. The Balaban J connectivity index is 2.11. The van der Waals surface area contributed by atoms with Crippen LogP contribution in [0.3, 0.4) is 0 Å². The number of nitrogens with zero attached hydrogens (tertiary/aromatic N) is 1. The number of carboxylic acids is 1. The van der Waals surface area contributed by atoms with E-state index in [0.29, 0.717) is 6.04 Å². The molecule has 18 heavy (non-hydrogen) atoms. The molecule has 2 aliphatic rings. The van der Waals surface area contributed by atoms with Crippen LogP contribution < -0.4 is 0 Å². The summed E-state index contributed by atoms with van der Waals surface area (Å²) in [5, 5.41) is 9.65. The number of aliphatic carboxylic acids is 1. The maximum Gasteiger partial charge on any atom is 0.324 e. The normalized spacial score (nSPS) is 32.1. The van der Waals surface area contributed by atoms with Crippen LogP contribution in [-0.2, 0) is 4.79 Å². The van der Waals surface area contributed by atoms with Crippen molar-refractivity contribution in [3.05, 3.63) is 0 Å². The molecule has 1 atom stereocenters. The van der Waals surface area contributed by atoms with Gasteiger partial charge in [0.1, 0.15) is 5.54 Å². The fourth-order valence-corrected chi connectivity index (χ4v) is 3.94. The highest BCUT2D eigenvalue weighted by atomic mass is 16.4. The van der Waals surface area contributed by atoms with E-state index in [9.17, 15) is 9.90 Å². The van der Waals surface area contributed by atoms with E-state index in [1.54, 1.807) is 0 Å². The third-order valence-corrected chi connectivity index (χ3v) is 5.04. The number of hydrogen-bond acceptors (Lipinski definition) is 2. The SMILES string of the molecule is CCC1(C(=O)O)CCCN1C1CCCCCCC1. The van der Waals surface area contributed by atoms with E-state index in [4.69, 9.17) is 0 Å². The Labute approximate surface area is 111 Å². The maximum atomic E-state index is 11.7. The van der Waals surface area contributed by atoms with Gasteiger partial charge in [0.15, 0.2) is 0 Å². The second-order valence-corrected chi connectivity index (χ2v) is 5.99. The quantitative estimate of drug-likeness (QED) is 0.837. The summed E-state index contributed by atoms with van der Waals surface area (Å²) in [5.41, 5.74) is -0.552. The van der Waals surface area contributed by atoms with Crippen molar-refractivity contribution >= 4 is 5.97 Å². The van der Waals surface area contributed by atoms with Crippen LogP contribution in [0.5, 0.6) is 0 Å². The van der Waals surface area contributed by atoms with E-state index in [1.807, 2.05) is 6.92 Å². The number of hydrogen-bond donors (Lipinski definition) is 1. The molecule has 3 nitrogen and oxygen atoms in total. The highest BCUT2D eigenvalue weighted by Crippen LogP contribution is 2.37. The van der Waals surface area contributed by atoms with Crippen molar-refractivity contribution in [3.8, 4) is 0 Å². The topological polar surface area (TPSA) is 40.5 Å². The Bertz CT molecular complexity index is 284. The van der Waals surface area contributed by atoms with Crippen molar-refractivity contribution in [2.45, 2.75) is 82.7 Å². The predicted octanol–water partition coefficient (Wildman–Crippen LogP) is 3.43. The predicted molar refractivity (Wildman–Crippen MR) is 72.7 cm³/mol. The summed E-state index contributed by atoms with van der Waals surface area (Å²) in [5.74, 6) is -0.593. The van der Waals surface area contributed by atoms with Gasteiger partial charge in [-0.2, -0.15) is 0 Å². The fraction of sp³-hybridized carbons (Fsp3) is 0.933. The first kappa shape index (κ1) is 13.9. The Kier molecular flexibility index (Phi) is 4.66. The van der Waals surface area contributed by atoms with Crippen LogP contribution in [0.4, 0.5) is 0 Å². The monoisotopic (exact) mass is 253 g/mol. The molecule has 2 rings (SSSR count). The summed E-state index contributed by atoms with van der Waals surface area (Å²) in [6, 6.07) is 0.517. The summed E-state index contributed by atoms with van der Waals surface area (Å²) in [6.07, 6.45) is 11.6. The molecule has 104 valence electrons. The summed E-state index contributed by atoms with van der Waals surface area (Å²) in [7, 11) is 0. The van der Waals surface area contributed by atoms with Crippen LogP contribution in [0.15, 0.2) is 0 Å². The van der Waals surface area contributed by atoms with Crippen molar-refractivity contribution in [3.63, 3.8) is 0 Å². The van der Waals surface area contributed by atoms with Crippen molar-refractivity contribution in [2.24, 2.45) is 0 Å². The molecule has 0 amide bonds. The van der Waals surface area contributed by atoms with Crippen molar-refractivity contribution in [1.29, 1.82) is 0 Å². The minimum Gasteiger partial charge on any atom is -0.480 e. The van der Waals surface area contributed by atoms with Gasteiger partial charge in [-0.25, -0.2) is 0 Å². The van der Waals surface area contributed by atoms with Crippen LogP contribution in [0, 0.1) is 0 Å². The van der Waals surface area contributed by atoms with Gasteiger partial charge in [0, 0.05) is 6.04 Å². The van der Waals surface area contributed by atoms with Gasteiger partial charge in [0.25, 0.3) is 0 Å². The number of rotatable bonds is 3. The van der Waals surface area contributed by atoms with E-state index < -0.39 is 11.5 Å². The zero-order valence-electron chi connectivity index (χ0n) is 11.7. The van der Waals surface area contributed by atoms with E-state index >= 15 is 0 Å². The average Bonchev–Trinajstić information content (AvgIpc) is 2.73. The first-order valence-corrected chi connectivity index (χ1v) is 7.71. The van der Waals surface area contributed by atoms with Crippen LogP contribution in [0.25, 0.3) is 0 Å². The lowest BCUT2D eigenvalue weighted by molar-refractivity contribution is -0.151. The molecule has 1 saturated carbocycles. The van der Waals surface area contributed by atoms with Gasteiger partial charge in [-0.15, -0.1) is 0 Å². The highest BCUT2D eigenvalue weighted by Gasteiger charge is 2.48. The molecule has 0 spiro atoms. The molecule has 0 radical (unpaired) electrons. The molecule has 1 aliphatic heterocycles. The highest BCUT2D eigenvalue weighted by molar-refractivity contribution is 5.79. The molecule has 1 saturated heterocycles. The number of carboxylic acid groups (broad SMARTS) is 1. The van der Waals surface area contributed by atoms with Gasteiger partial charge in [-0.3, -0.25) is 9.69 Å². The Hall–Kier alpha value is -0.570. The van der Waals surface area contributed by atoms with Crippen molar-refractivity contribution < 1.29 is 9.90 Å². The number of likely N-dealkylation sites (tertiary alicyclic amines) is 1. The van der Waals surface area contributed by atoms with Crippen LogP contribution >= 0.6 is 0 Å². The molecule has 1 aliphatic carbocycles. The lowest BCUT2D eigenvalue weighted by Crippen LogP contribution is -2.54. The zero-order chi connectivity index (χ0) is 13.0. The molecule has 1 unspecified atom stereocenters.